The molecule has 1 aromatic carbocycles. The molecule has 0 aliphatic rings. The van der Waals surface area contributed by atoms with Gasteiger partial charge in [0, 0.05) is 29.0 Å². The summed E-state index contributed by atoms with van der Waals surface area (Å²) in [6.45, 7) is 5.24. The normalized spacial score (nSPS) is 11.5. The lowest BCUT2D eigenvalue weighted by Gasteiger charge is -2.10. The molecule has 19 heavy (non-hydrogen) atoms. The van der Waals surface area contributed by atoms with E-state index < -0.39 is 0 Å². The van der Waals surface area contributed by atoms with E-state index >= 15 is 0 Å². The largest absolute Gasteiger partial charge is 0.338 e. The van der Waals surface area contributed by atoms with Gasteiger partial charge in [-0.3, -0.25) is 9.78 Å². The zero-order valence-electron chi connectivity index (χ0n) is 11.1. The van der Waals surface area contributed by atoms with Crippen LogP contribution < -0.4 is 0 Å². The summed E-state index contributed by atoms with van der Waals surface area (Å²) >= 11 is 0. The van der Waals surface area contributed by atoms with Crippen LogP contribution in [0.15, 0.2) is 36.5 Å². The van der Waals surface area contributed by atoms with E-state index in [1.54, 1.807) is 6.20 Å². The average molecular weight is 252 g/mol. The van der Waals surface area contributed by atoms with Gasteiger partial charge in [0.2, 0.25) is 0 Å². The first kappa shape index (κ1) is 11.9. The van der Waals surface area contributed by atoms with Crippen molar-refractivity contribution in [3.8, 4) is 0 Å². The van der Waals surface area contributed by atoms with Crippen molar-refractivity contribution in [1.82, 2.24) is 9.55 Å². The lowest BCUT2D eigenvalue weighted by atomic mass is 10.2. The number of carbonyl (C=O) groups is 1. The maximum Gasteiger partial charge on any atom is 0.170 e. The van der Waals surface area contributed by atoms with E-state index in [0.29, 0.717) is 11.6 Å². The summed E-state index contributed by atoms with van der Waals surface area (Å²) in [5.74, 6) is 0.513. The van der Waals surface area contributed by atoms with Crippen molar-refractivity contribution in [3.05, 3.63) is 42.2 Å². The summed E-state index contributed by atoms with van der Waals surface area (Å²) in [5.41, 5.74) is 2.64. The van der Waals surface area contributed by atoms with Crippen molar-refractivity contribution in [2.75, 3.05) is 0 Å². The predicted octanol–water partition coefficient (Wildman–Crippen LogP) is 3.66. The standard InChI is InChI=1S/C16H16N2O/c1-11(2)9-18-15-6-4-3-5-12(15)13-7-8-17-14(10-19)16(13)18/h3-8,10-11H,9H2,1-2H3. The van der Waals surface area contributed by atoms with Crippen LogP contribution in [0.1, 0.15) is 24.3 Å². The summed E-state index contributed by atoms with van der Waals surface area (Å²) < 4.78 is 2.21. The molecule has 0 spiro atoms. The highest BCUT2D eigenvalue weighted by Crippen LogP contribution is 2.30. The topological polar surface area (TPSA) is 34.9 Å². The fourth-order valence-electron chi connectivity index (χ4n) is 2.67. The molecule has 0 bridgehead atoms. The lowest BCUT2D eigenvalue weighted by molar-refractivity contribution is 0.112. The number of aromatic nitrogens is 2. The molecule has 3 aromatic rings. The molecule has 3 heteroatoms. The highest BCUT2D eigenvalue weighted by Gasteiger charge is 2.14. The third-order valence-electron chi connectivity index (χ3n) is 3.37. The van der Waals surface area contributed by atoms with Gasteiger partial charge >= 0.3 is 0 Å². The lowest BCUT2D eigenvalue weighted by Crippen LogP contribution is -2.05. The Labute approximate surface area is 111 Å². The third-order valence-corrected chi connectivity index (χ3v) is 3.37. The molecule has 0 atom stereocenters. The van der Waals surface area contributed by atoms with E-state index in [9.17, 15) is 4.79 Å². The fourth-order valence-corrected chi connectivity index (χ4v) is 2.67. The van der Waals surface area contributed by atoms with E-state index in [2.05, 4.69) is 35.5 Å². The number of para-hydroxylation sites is 1. The van der Waals surface area contributed by atoms with Crippen molar-refractivity contribution in [2.24, 2.45) is 5.92 Å². The summed E-state index contributed by atoms with van der Waals surface area (Å²) in [7, 11) is 0. The molecule has 0 aliphatic carbocycles. The number of hydrogen-bond donors (Lipinski definition) is 0. The van der Waals surface area contributed by atoms with E-state index in [-0.39, 0.29) is 0 Å². The Morgan fingerprint density at radius 1 is 1.21 bits per heavy atom. The molecule has 0 amide bonds. The zero-order chi connectivity index (χ0) is 13.4. The van der Waals surface area contributed by atoms with Crippen molar-refractivity contribution in [1.29, 1.82) is 0 Å². The molecule has 0 unspecified atom stereocenters. The Hall–Kier alpha value is -2.16. The molecular weight excluding hydrogens is 236 g/mol. The van der Waals surface area contributed by atoms with Gasteiger partial charge in [0.05, 0.1) is 5.52 Å². The minimum atomic E-state index is 0.513. The van der Waals surface area contributed by atoms with E-state index in [1.165, 1.54) is 10.9 Å². The second-order valence-corrected chi connectivity index (χ2v) is 5.23. The molecule has 2 aromatic heterocycles. The van der Waals surface area contributed by atoms with Gasteiger partial charge in [-0.25, -0.2) is 0 Å². The SMILES string of the molecule is CC(C)Cn1c2ccccc2c2ccnc(C=O)c21. The first-order chi connectivity index (χ1) is 9.22. The highest BCUT2D eigenvalue weighted by molar-refractivity contribution is 6.11. The van der Waals surface area contributed by atoms with Gasteiger partial charge in [-0.2, -0.15) is 0 Å². The monoisotopic (exact) mass is 252 g/mol. The van der Waals surface area contributed by atoms with Crippen molar-refractivity contribution in [2.45, 2.75) is 20.4 Å². The molecule has 96 valence electrons. The van der Waals surface area contributed by atoms with Crippen molar-refractivity contribution in [3.63, 3.8) is 0 Å². The quantitative estimate of drug-likeness (QED) is 0.667. The van der Waals surface area contributed by atoms with Gasteiger partial charge in [-0.15, -0.1) is 0 Å². The van der Waals surface area contributed by atoms with Crippen LogP contribution in [0, 0.1) is 5.92 Å². The number of carbonyl (C=O) groups excluding carboxylic acids is 1. The third kappa shape index (κ3) is 1.82. The Morgan fingerprint density at radius 3 is 2.74 bits per heavy atom. The van der Waals surface area contributed by atoms with E-state index in [4.69, 9.17) is 0 Å². The molecule has 0 aliphatic heterocycles. The van der Waals surface area contributed by atoms with Gasteiger partial charge in [0.15, 0.2) is 6.29 Å². The molecule has 0 fully saturated rings. The highest BCUT2D eigenvalue weighted by atomic mass is 16.1. The van der Waals surface area contributed by atoms with Gasteiger partial charge < -0.3 is 4.57 Å². The van der Waals surface area contributed by atoms with Crippen LogP contribution >= 0.6 is 0 Å². The maximum absolute atomic E-state index is 11.3. The van der Waals surface area contributed by atoms with E-state index in [0.717, 1.165) is 23.7 Å². The second kappa shape index (κ2) is 4.50. The first-order valence-corrected chi connectivity index (χ1v) is 6.53. The first-order valence-electron chi connectivity index (χ1n) is 6.53. The van der Waals surface area contributed by atoms with Gasteiger partial charge in [0.1, 0.15) is 5.69 Å². The number of nitrogens with zero attached hydrogens (tertiary/aromatic N) is 2. The van der Waals surface area contributed by atoms with Crippen LogP contribution in [0.25, 0.3) is 21.8 Å². The smallest absolute Gasteiger partial charge is 0.170 e. The zero-order valence-corrected chi connectivity index (χ0v) is 11.1. The Bertz CT molecular complexity index is 756. The van der Waals surface area contributed by atoms with Crippen LogP contribution in [0.3, 0.4) is 0 Å². The Balaban J connectivity index is 2.48. The number of fused-ring (bicyclic) bond motifs is 3. The van der Waals surface area contributed by atoms with Crippen LogP contribution in [-0.4, -0.2) is 15.8 Å². The average Bonchev–Trinajstić information content (AvgIpc) is 2.73. The number of rotatable bonds is 3. The number of aldehydes is 1. The minimum Gasteiger partial charge on any atom is -0.338 e. The maximum atomic E-state index is 11.3. The van der Waals surface area contributed by atoms with Crippen molar-refractivity contribution >= 4 is 28.1 Å². The van der Waals surface area contributed by atoms with Crippen LogP contribution in [0.5, 0.6) is 0 Å². The van der Waals surface area contributed by atoms with Gasteiger partial charge in [-0.1, -0.05) is 32.0 Å². The number of hydrogen-bond acceptors (Lipinski definition) is 2. The fraction of sp³-hybridized carbons (Fsp3) is 0.250. The van der Waals surface area contributed by atoms with Gasteiger partial charge in [-0.05, 0) is 18.1 Å². The van der Waals surface area contributed by atoms with Crippen molar-refractivity contribution < 1.29 is 4.79 Å². The van der Waals surface area contributed by atoms with Crippen LogP contribution in [-0.2, 0) is 6.54 Å². The molecule has 0 N–H and O–H groups in total. The Morgan fingerprint density at radius 2 is 2.00 bits per heavy atom. The number of pyridine rings is 1. The summed E-state index contributed by atoms with van der Waals surface area (Å²) in [6.07, 6.45) is 2.55. The summed E-state index contributed by atoms with van der Waals surface area (Å²) in [6, 6.07) is 10.3. The number of benzene rings is 1. The second-order valence-electron chi connectivity index (χ2n) is 5.23. The molecule has 0 saturated heterocycles. The molecule has 3 nitrogen and oxygen atoms in total. The predicted molar refractivity (Wildman–Crippen MR) is 77.5 cm³/mol. The molecule has 2 heterocycles. The van der Waals surface area contributed by atoms with Crippen LogP contribution in [0.2, 0.25) is 0 Å². The Kier molecular flexibility index (Phi) is 2.82. The van der Waals surface area contributed by atoms with Crippen LogP contribution in [0.4, 0.5) is 0 Å². The molecule has 0 saturated carbocycles. The molecular formula is C16H16N2O. The van der Waals surface area contributed by atoms with E-state index in [1.807, 2.05) is 18.2 Å². The minimum absolute atomic E-state index is 0.513. The molecule has 3 rings (SSSR count). The summed E-state index contributed by atoms with van der Waals surface area (Å²) in [5, 5.41) is 2.29. The summed E-state index contributed by atoms with van der Waals surface area (Å²) in [4.78, 5) is 15.5. The van der Waals surface area contributed by atoms with Gasteiger partial charge in [0.25, 0.3) is 0 Å². The molecule has 0 radical (unpaired) electrons.